The molecule has 1 unspecified atom stereocenters. The Bertz CT molecular complexity index is 556. The van der Waals surface area contributed by atoms with E-state index >= 15 is 0 Å². The maximum absolute atomic E-state index is 12.0. The number of carboxylic acids is 1. The molecule has 0 aromatic carbocycles. The first-order valence-electron chi connectivity index (χ1n) is 6.49. The molecule has 21 heavy (non-hydrogen) atoms. The molecule has 114 valence electrons. The highest BCUT2D eigenvalue weighted by Crippen LogP contribution is 2.05. The van der Waals surface area contributed by atoms with Crippen LogP contribution in [0.4, 0.5) is 4.79 Å². The van der Waals surface area contributed by atoms with Crippen LogP contribution in [-0.4, -0.2) is 63.4 Å². The molecule has 0 saturated carbocycles. The van der Waals surface area contributed by atoms with Gasteiger partial charge in [-0.15, -0.1) is 0 Å². The van der Waals surface area contributed by atoms with Gasteiger partial charge in [-0.2, -0.15) is 5.10 Å². The van der Waals surface area contributed by atoms with Crippen molar-refractivity contribution in [2.75, 3.05) is 19.6 Å². The molecule has 1 atom stereocenters. The number of amides is 3. The zero-order chi connectivity index (χ0) is 15.4. The van der Waals surface area contributed by atoms with E-state index in [9.17, 15) is 14.4 Å². The molecule has 0 spiro atoms. The summed E-state index contributed by atoms with van der Waals surface area (Å²) in [6, 6.07) is -1.60. The third kappa shape index (κ3) is 3.71. The number of hydrogen-bond donors (Lipinski definition) is 3. The molecule has 1 saturated heterocycles. The molecule has 0 radical (unpaired) electrons. The van der Waals surface area contributed by atoms with Crippen molar-refractivity contribution >= 4 is 17.9 Å². The van der Waals surface area contributed by atoms with Crippen LogP contribution >= 0.6 is 0 Å². The molecule has 3 amide bonds. The topological polar surface area (TPSA) is 117 Å². The summed E-state index contributed by atoms with van der Waals surface area (Å²) in [6.45, 7) is 0.00880. The number of piperazine rings is 1. The third-order valence-electron chi connectivity index (χ3n) is 3.18. The molecule has 1 aliphatic rings. The average molecular weight is 295 g/mol. The number of carbonyl (C=O) groups excluding carboxylic acids is 2. The fourth-order valence-corrected chi connectivity index (χ4v) is 2.09. The van der Waals surface area contributed by atoms with Gasteiger partial charge in [0.2, 0.25) is 5.91 Å². The van der Waals surface area contributed by atoms with Gasteiger partial charge >= 0.3 is 12.0 Å². The van der Waals surface area contributed by atoms with Gasteiger partial charge in [0.25, 0.3) is 0 Å². The van der Waals surface area contributed by atoms with Gasteiger partial charge in [-0.25, -0.2) is 9.59 Å². The van der Waals surface area contributed by atoms with Crippen molar-refractivity contribution < 1.29 is 19.5 Å². The molecule has 1 aliphatic heterocycles. The highest BCUT2D eigenvalue weighted by Gasteiger charge is 2.34. The van der Waals surface area contributed by atoms with Crippen LogP contribution in [0.5, 0.6) is 0 Å². The molecular weight excluding hydrogens is 278 g/mol. The van der Waals surface area contributed by atoms with Gasteiger partial charge in [-0.1, -0.05) is 0 Å². The number of aromatic nitrogens is 2. The molecule has 9 heteroatoms. The van der Waals surface area contributed by atoms with Crippen molar-refractivity contribution in [2.45, 2.75) is 12.5 Å². The lowest BCUT2D eigenvalue weighted by Gasteiger charge is -2.32. The summed E-state index contributed by atoms with van der Waals surface area (Å²) in [5.74, 6) is -1.51. The van der Waals surface area contributed by atoms with Crippen LogP contribution in [-0.2, 0) is 23.1 Å². The standard InChI is InChI=1S/C12H17N5O4/c1-16-6-8(4-15-16)2-3-13-12(21)17-7-10(18)14-5-9(17)11(19)20/h4,6,9H,2-3,5,7H2,1H3,(H,13,21)(H,14,18)(H,19,20). The van der Waals surface area contributed by atoms with Gasteiger partial charge in [0, 0.05) is 26.3 Å². The minimum absolute atomic E-state index is 0.0792. The summed E-state index contributed by atoms with van der Waals surface area (Å²) < 4.78 is 1.66. The summed E-state index contributed by atoms with van der Waals surface area (Å²) in [5.41, 5.74) is 0.962. The van der Waals surface area contributed by atoms with Crippen molar-refractivity contribution in [3.63, 3.8) is 0 Å². The van der Waals surface area contributed by atoms with Crippen LogP contribution in [0.2, 0.25) is 0 Å². The van der Waals surface area contributed by atoms with Gasteiger partial charge in [0.15, 0.2) is 0 Å². The normalized spacial score (nSPS) is 18.2. The van der Waals surface area contributed by atoms with E-state index in [0.29, 0.717) is 13.0 Å². The predicted molar refractivity (Wildman–Crippen MR) is 71.5 cm³/mol. The Kier molecular flexibility index (Phi) is 4.41. The summed E-state index contributed by atoms with van der Waals surface area (Å²) in [7, 11) is 1.80. The highest BCUT2D eigenvalue weighted by atomic mass is 16.4. The minimum Gasteiger partial charge on any atom is -0.480 e. The number of urea groups is 1. The summed E-state index contributed by atoms with van der Waals surface area (Å²) in [6.07, 6.45) is 4.11. The SMILES string of the molecule is Cn1cc(CCNC(=O)N2CC(=O)NCC2C(=O)O)cn1. The fourth-order valence-electron chi connectivity index (χ4n) is 2.09. The van der Waals surface area contributed by atoms with Gasteiger partial charge < -0.3 is 15.7 Å². The zero-order valence-electron chi connectivity index (χ0n) is 11.6. The van der Waals surface area contributed by atoms with E-state index in [-0.39, 0.29) is 19.0 Å². The molecule has 1 aromatic heterocycles. The molecule has 2 rings (SSSR count). The number of carboxylic acid groups (broad SMARTS) is 1. The Labute approximate surface area is 120 Å². The van der Waals surface area contributed by atoms with E-state index in [1.807, 2.05) is 6.20 Å². The molecule has 0 aliphatic carbocycles. The summed E-state index contributed by atoms with van der Waals surface area (Å²) in [5, 5.41) is 18.1. The first kappa shape index (κ1) is 14.8. The van der Waals surface area contributed by atoms with Crippen molar-refractivity contribution in [1.29, 1.82) is 0 Å². The molecule has 3 N–H and O–H groups in total. The lowest BCUT2D eigenvalue weighted by atomic mass is 10.2. The van der Waals surface area contributed by atoms with Crippen molar-refractivity contribution in [2.24, 2.45) is 7.05 Å². The first-order valence-corrected chi connectivity index (χ1v) is 6.49. The Morgan fingerprint density at radius 3 is 2.95 bits per heavy atom. The summed E-state index contributed by atoms with van der Waals surface area (Å²) in [4.78, 5) is 35.4. The van der Waals surface area contributed by atoms with E-state index in [4.69, 9.17) is 5.11 Å². The van der Waals surface area contributed by atoms with Crippen molar-refractivity contribution in [1.82, 2.24) is 25.3 Å². The second kappa shape index (κ2) is 6.25. The van der Waals surface area contributed by atoms with E-state index in [2.05, 4.69) is 15.7 Å². The Morgan fingerprint density at radius 2 is 2.33 bits per heavy atom. The van der Waals surface area contributed by atoms with E-state index in [0.717, 1.165) is 10.5 Å². The van der Waals surface area contributed by atoms with Gasteiger partial charge in [-0.3, -0.25) is 14.4 Å². The molecule has 1 fully saturated rings. The molecular formula is C12H17N5O4. The summed E-state index contributed by atoms with van der Waals surface area (Å²) >= 11 is 0. The maximum Gasteiger partial charge on any atom is 0.328 e. The van der Waals surface area contributed by atoms with Gasteiger partial charge in [0.1, 0.15) is 12.6 Å². The lowest BCUT2D eigenvalue weighted by molar-refractivity contribution is -0.144. The van der Waals surface area contributed by atoms with Crippen LogP contribution in [0.15, 0.2) is 12.4 Å². The molecule has 0 bridgehead atoms. The number of nitrogens with one attached hydrogen (secondary N) is 2. The molecule has 9 nitrogen and oxygen atoms in total. The van der Waals surface area contributed by atoms with Gasteiger partial charge in [0.05, 0.1) is 6.20 Å². The first-order chi connectivity index (χ1) is 9.97. The molecule has 1 aromatic rings. The largest absolute Gasteiger partial charge is 0.480 e. The number of carbonyl (C=O) groups is 3. The van der Waals surface area contributed by atoms with Crippen LogP contribution in [0.1, 0.15) is 5.56 Å². The second-order valence-corrected chi connectivity index (χ2v) is 4.79. The Morgan fingerprint density at radius 1 is 1.57 bits per heavy atom. The third-order valence-corrected chi connectivity index (χ3v) is 3.18. The zero-order valence-corrected chi connectivity index (χ0v) is 11.6. The van der Waals surface area contributed by atoms with Crippen LogP contribution in [0, 0.1) is 0 Å². The monoisotopic (exact) mass is 295 g/mol. The highest BCUT2D eigenvalue weighted by molar-refractivity contribution is 5.90. The quantitative estimate of drug-likeness (QED) is 0.629. The van der Waals surface area contributed by atoms with Crippen LogP contribution in [0.25, 0.3) is 0 Å². The van der Waals surface area contributed by atoms with E-state index < -0.39 is 18.0 Å². The molecule has 2 heterocycles. The number of hydrogen-bond acceptors (Lipinski definition) is 4. The minimum atomic E-state index is -1.14. The Balaban J connectivity index is 1.88. The lowest BCUT2D eigenvalue weighted by Crippen LogP contribution is -2.61. The van der Waals surface area contributed by atoms with Crippen LogP contribution in [0.3, 0.4) is 0 Å². The second-order valence-electron chi connectivity index (χ2n) is 4.79. The maximum atomic E-state index is 12.0. The predicted octanol–water partition coefficient (Wildman–Crippen LogP) is -1.44. The van der Waals surface area contributed by atoms with Crippen molar-refractivity contribution in [3.05, 3.63) is 18.0 Å². The smallest absolute Gasteiger partial charge is 0.328 e. The number of nitrogens with zero attached hydrogens (tertiary/aromatic N) is 3. The Hall–Kier alpha value is -2.58. The van der Waals surface area contributed by atoms with E-state index in [1.165, 1.54) is 0 Å². The number of aryl methyl sites for hydroxylation is 1. The average Bonchev–Trinajstić information content (AvgIpc) is 2.84. The van der Waals surface area contributed by atoms with Crippen molar-refractivity contribution in [3.8, 4) is 0 Å². The fraction of sp³-hybridized carbons (Fsp3) is 0.500. The van der Waals surface area contributed by atoms with E-state index in [1.54, 1.807) is 17.9 Å². The van der Waals surface area contributed by atoms with Gasteiger partial charge in [-0.05, 0) is 12.0 Å². The number of aliphatic carboxylic acids is 1. The number of rotatable bonds is 4. The van der Waals surface area contributed by atoms with Crippen LogP contribution < -0.4 is 10.6 Å².